The Balaban J connectivity index is 3.87. The van der Waals surface area contributed by atoms with Crippen LogP contribution in [-0.4, -0.2) is 28.9 Å². The van der Waals surface area contributed by atoms with Gasteiger partial charge in [0, 0.05) is 12.3 Å². The van der Waals surface area contributed by atoms with E-state index in [1.807, 2.05) is 0 Å². The molecule has 0 amide bonds. The summed E-state index contributed by atoms with van der Waals surface area (Å²) in [5, 5.41) is 11.6. The normalized spacial score (nSPS) is 11.9. The van der Waals surface area contributed by atoms with Crippen molar-refractivity contribution in [2.75, 3.05) is 5.88 Å². The van der Waals surface area contributed by atoms with Crippen molar-refractivity contribution in [3.05, 3.63) is 0 Å². The number of oxime groups is 1. The Hall–Kier alpha value is -0.770. The average molecular weight is 236 g/mol. The third kappa shape index (κ3) is 7.19. The largest absolute Gasteiger partial charge is 0.458 e. The minimum atomic E-state index is -0.543. The van der Waals surface area contributed by atoms with Crippen LogP contribution in [0, 0.1) is 0 Å². The number of esters is 1. The van der Waals surface area contributed by atoms with Gasteiger partial charge in [0.05, 0.1) is 6.10 Å². The maximum atomic E-state index is 11.3. The summed E-state index contributed by atoms with van der Waals surface area (Å²) < 4.78 is 4.90. The van der Waals surface area contributed by atoms with Crippen LogP contribution < -0.4 is 0 Å². The first-order valence-electron chi connectivity index (χ1n) is 5.09. The molecule has 0 radical (unpaired) electrons. The summed E-state index contributed by atoms with van der Waals surface area (Å²) in [6.07, 6.45) is 2.83. The number of alkyl halides is 1. The van der Waals surface area contributed by atoms with Crippen LogP contribution in [0.4, 0.5) is 0 Å². The molecule has 88 valence electrons. The quantitative estimate of drug-likeness (QED) is 0.184. The molecular formula is C10H18ClNO3. The Labute approximate surface area is 95.2 Å². The van der Waals surface area contributed by atoms with E-state index in [2.05, 4.69) is 5.16 Å². The van der Waals surface area contributed by atoms with Gasteiger partial charge in [0.25, 0.3) is 0 Å². The molecule has 0 aliphatic heterocycles. The SMILES string of the molecule is CC(C)OC(=O)/C(CCCCCCl)=N\O. The van der Waals surface area contributed by atoms with Crippen molar-refractivity contribution in [3.63, 3.8) is 0 Å². The summed E-state index contributed by atoms with van der Waals surface area (Å²) in [6.45, 7) is 3.50. The molecule has 4 nitrogen and oxygen atoms in total. The monoisotopic (exact) mass is 235 g/mol. The fourth-order valence-corrected chi connectivity index (χ4v) is 1.23. The summed E-state index contributed by atoms with van der Waals surface area (Å²) >= 11 is 5.51. The molecule has 0 bridgehead atoms. The van der Waals surface area contributed by atoms with Crippen LogP contribution in [0.1, 0.15) is 39.5 Å². The highest BCUT2D eigenvalue weighted by Gasteiger charge is 2.14. The minimum absolute atomic E-state index is 0.0817. The number of carbonyl (C=O) groups excluding carboxylic acids is 1. The van der Waals surface area contributed by atoms with E-state index in [-0.39, 0.29) is 11.8 Å². The highest BCUT2D eigenvalue weighted by molar-refractivity contribution is 6.36. The lowest BCUT2D eigenvalue weighted by atomic mass is 10.1. The maximum Gasteiger partial charge on any atom is 0.356 e. The van der Waals surface area contributed by atoms with Crippen molar-refractivity contribution < 1.29 is 14.7 Å². The molecule has 0 aromatic carbocycles. The highest BCUT2D eigenvalue weighted by Crippen LogP contribution is 2.04. The second-order valence-corrected chi connectivity index (χ2v) is 3.88. The molecule has 0 spiro atoms. The first-order valence-corrected chi connectivity index (χ1v) is 5.63. The topological polar surface area (TPSA) is 58.9 Å². The maximum absolute atomic E-state index is 11.3. The number of halogens is 1. The van der Waals surface area contributed by atoms with E-state index in [0.717, 1.165) is 19.3 Å². The second kappa shape index (κ2) is 8.53. The van der Waals surface area contributed by atoms with Crippen LogP contribution in [-0.2, 0) is 9.53 Å². The van der Waals surface area contributed by atoms with Crippen LogP contribution in [0.2, 0.25) is 0 Å². The Morgan fingerprint density at radius 1 is 1.40 bits per heavy atom. The third-order valence-electron chi connectivity index (χ3n) is 1.75. The molecule has 0 atom stereocenters. The fourth-order valence-electron chi connectivity index (χ4n) is 1.04. The van der Waals surface area contributed by atoms with E-state index in [4.69, 9.17) is 21.5 Å². The van der Waals surface area contributed by atoms with E-state index in [1.54, 1.807) is 13.8 Å². The lowest BCUT2D eigenvalue weighted by molar-refractivity contribution is -0.139. The fraction of sp³-hybridized carbons (Fsp3) is 0.800. The van der Waals surface area contributed by atoms with Gasteiger partial charge in [-0.1, -0.05) is 11.6 Å². The molecule has 0 aromatic heterocycles. The predicted octanol–water partition coefficient (Wildman–Crippen LogP) is 2.57. The number of hydrogen-bond acceptors (Lipinski definition) is 4. The molecule has 0 heterocycles. The van der Waals surface area contributed by atoms with Gasteiger partial charge in [-0.15, -0.1) is 11.6 Å². The lowest BCUT2D eigenvalue weighted by Crippen LogP contribution is -2.21. The zero-order chi connectivity index (χ0) is 11.7. The number of hydrogen-bond donors (Lipinski definition) is 1. The molecule has 15 heavy (non-hydrogen) atoms. The zero-order valence-electron chi connectivity index (χ0n) is 9.20. The van der Waals surface area contributed by atoms with E-state index < -0.39 is 5.97 Å². The average Bonchev–Trinajstić information content (AvgIpc) is 2.16. The summed E-state index contributed by atoms with van der Waals surface area (Å²) in [4.78, 5) is 11.3. The van der Waals surface area contributed by atoms with Gasteiger partial charge < -0.3 is 9.94 Å². The van der Waals surface area contributed by atoms with E-state index in [0.29, 0.717) is 12.3 Å². The standard InChI is InChI=1S/C10H18ClNO3/c1-8(2)15-10(13)9(12-14)6-4-3-5-7-11/h8,14H,3-7H2,1-2H3/b12-9-. The molecule has 0 aliphatic carbocycles. The van der Waals surface area contributed by atoms with Gasteiger partial charge in [-0.3, -0.25) is 0 Å². The number of nitrogens with zero attached hydrogens (tertiary/aromatic N) is 1. The van der Waals surface area contributed by atoms with Crippen LogP contribution in [0.15, 0.2) is 5.16 Å². The van der Waals surface area contributed by atoms with Crippen LogP contribution >= 0.6 is 11.6 Å². The first kappa shape index (κ1) is 14.2. The molecule has 0 saturated carbocycles. The first-order chi connectivity index (χ1) is 7.11. The minimum Gasteiger partial charge on any atom is -0.458 e. The van der Waals surface area contributed by atoms with Crippen LogP contribution in [0.5, 0.6) is 0 Å². The Bertz CT molecular complexity index is 217. The molecule has 0 aliphatic rings. The van der Waals surface area contributed by atoms with E-state index in [9.17, 15) is 4.79 Å². The molecule has 1 N–H and O–H groups in total. The van der Waals surface area contributed by atoms with E-state index >= 15 is 0 Å². The number of ether oxygens (including phenoxy) is 1. The smallest absolute Gasteiger partial charge is 0.356 e. The third-order valence-corrected chi connectivity index (χ3v) is 2.01. The second-order valence-electron chi connectivity index (χ2n) is 3.50. The summed E-state index contributed by atoms with van der Waals surface area (Å²) in [5.41, 5.74) is 0.0817. The molecule has 0 fully saturated rings. The van der Waals surface area contributed by atoms with Gasteiger partial charge in [0.2, 0.25) is 0 Å². The van der Waals surface area contributed by atoms with Crippen LogP contribution in [0.3, 0.4) is 0 Å². The van der Waals surface area contributed by atoms with Crippen molar-refractivity contribution in [2.45, 2.75) is 45.6 Å². The molecule has 0 unspecified atom stereocenters. The molecule has 0 saturated heterocycles. The van der Waals surface area contributed by atoms with Crippen molar-refractivity contribution in [2.24, 2.45) is 5.16 Å². The van der Waals surface area contributed by atoms with E-state index in [1.165, 1.54) is 0 Å². The lowest BCUT2D eigenvalue weighted by Gasteiger charge is -2.08. The number of carbonyl (C=O) groups is 1. The van der Waals surface area contributed by atoms with Gasteiger partial charge in [0.1, 0.15) is 0 Å². The predicted molar refractivity (Wildman–Crippen MR) is 59.6 cm³/mol. The zero-order valence-corrected chi connectivity index (χ0v) is 9.96. The Morgan fingerprint density at radius 3 is 2.53 bits per heavy atom. The van der Waals surface area contributed by atoms with Crippen LogP contribution in [0.25, 0.3) is 0 Å². The summed E-state index contributed by atoms with van der Waals surface area (Å²) in [6, 6.07) is 0. The molecule has 0 rings (SSSR count). The molecular weight excluding hydrogens is 218 g/mol. The highest BCUT2D eigenvalue weighted by atomic mass is 35.5. The summed E-state index contributed by atoms with van der Waals surface area (Å²) in [5.74, 6) is 0.0700. The Morgan fingerprint density at radius 2 is 2.07 bits per heavy atom. The molecule has 0 aromatic rings. The van der Waals surface area contributed by atoms with Gasteiger partial charge in [-0.25, -0.2) is 4.79 Å². The van der Waals surface area contributed by atoms with Gasteiger partial charge in [-0.2, -0.15) is 0 Å². The number of rotatable bonds is 7. The van der Waals surface area contributed by atoms with Crippen molar-refractivity contribution in [3.8, 4) is 0 Å². The van der Waals surface area contributed by atoms with Crippen molar-refractivity contribution >= 4 is 23.3 Å². The van der Waals surface area contributed by atoms with Gasteiger partial charge in [0.15, 0.2) is 5.71 Å². The van der Waals surface area contributed by atoms with Gasteiger partial charge in [-0.05, 0) is 26.7 Å². The Kier molecular flexibility index (Phi) is 8.09. The molecule has 5 heteroatoms. The van der Waals surface area contributed by atoms with Crippen molar-refractivity contribution in [1.82, 2.24) is 0 Å². The summed E-state index contributed by atoms with van der Waals surface area (Å²) in [7, 11) is 0. The van der Waals surface area contributed by atoms with Gasteiger partial charge >= 0.3 is 5.97 Å². The number of unbranched alkanes of at least 4 members (excludes halogenated alkanes) is 2. The van der Waals surface area contributed by atoms with Crippen molar-refractivity contribution in [1.29, 1.82) is 0 Å².